The molecule has 4 unspecified atom stereocenters. The molecule has 0 bridgehead atoms. The summed E-state index contributed by atoms with van der Waals surface area (Å²) in [6, 6.07) is 21.3. The fraction of sp³-hybridized carbons (Fsp3) is 0.222. The molecule has 202 valence electrons. The molecule has 0 amide bonds. The van der Waals surface area contributed by atoms with E-state index < -0.39 is 0 Å². The number of anilines is 1. The smallest absolute Gasteiger partial charge is 0.135 e. The van der Waals surface area contributed by atoms with E-state index in [0.717, 1.165) is 34.0 Å². The van der Waals surface area contributed by atoms with Gasteiger partial charge in [-0.3, -0.25) is 0 Å². The second-order valence-corrected chi connectivity index (χ2v) is 13.1. The number of fused-ring (bicyclic) bond motifs is 9. The summed E-state index contributed by atoms with van der Waals surface area (Å²) in [5.41, 5.74) is 24.0. The zero-order chi connectivity index (χ0) is 27.2. The number of allylic oxidation sites excluding steroid dienone is 5. The highest BCUT2D eigenvalue weighted by atomic mass is 32.2. The van der Waals surface area contributed by atoms with Crippen molar-refractivity contribution in [3.8, 4) is 0 Å². The summed E-state index contributed by atoms with van der Waals surface area (Å²) in [4.78, 5) is 1.52. The van der Waals surface area contributed by atoms with Gasteiger partial charge in [0.1, 0.15) is 11.2 Å². The van der Waals surface area contributed by atoms with Crippen LogP contribution >= 0.6 is 11.8 Å². The number of rotatable bonds is 2. The Morgan fingerprint density at radius 2 is 1.78 bits per heavy atom. The molecule has 4 aliphatic rings. The fourth-order valence-corrected chi connectivity index (χ4v) is 9.60. The SMILES string of the molecule is Nc1ccc2oc3ccc(C4C(n5c6c(c7ccccc75)C5SC7=C(CCC=C7)C5CC6)=CC=CC4N)cc3c2c1. The highest BCUT2D eigenvalue weighted by Gasteiger charge is 2.43. The van der Waals surface area contributed by atoms with Crippen LogP contribution in [-0.4, -0.2) is 10.6 Å². The largest absolute Gasteiger partial charge is 0.456 e. The van der Waals surface area contributed by atoms with E-state index in [1.54, 1.807) is 11.1 Å². The number of nitrogens with zero attached hydrogens (tertiary/aromatic N) is 1. The maximum absolute atomic E-state index is 6.95. The molecule has 2 aromatic heterocycles. The molecule has 0 saturated heterocycles. The van der Waals surface area contributed by atoms with Crippen LogP contribution in [0.1, 0.15) is 47.3 Å². The average Bonchev–Trinajstić information content (AvgIpc) is 3.66. The lowest BCUT2D eigenvalue weighted by molar-refractivity contribution is 0.501. The first kappa shape index (κ1) is 23.7. The van der Waals surface area contributed by atoms with Gasteiger partial charge in [-0.15, -0.1) is 11.8 Å². The molecule has 3 aliphatic carbocycles. The highest BCUT2D eigenvalue weighted by Crippen LogP contribution is 2.60. The van der Waals surface area contributed by atoms with Crippen LogP contribution in [0.3, 0.4) is 0 Å². The molecular formula is C36H31N3OS. The first-order valence-corrected chi connectivity index (χ1v) is 15.6. The minimum absolute atomic E-state index is 0.0125. The van der Waals surface area contributed by atoms with E-state index in [1.807, 2.05) is 18.2 Å². The van der Waals surface area contributed by atoms with Gasteiger partial charge in [0.25, 0.3) is 0 Å². The van der Waals surface area contributed by atoms with Crippen molar-refractivity contribution in [2.24, 2.45) is 11.7 Å². The molecule has 5 aromatic rings. The van der Waals surface area contributed by atoms with Crippen LogP contribution in [0.15, 0.2) is 106 Å². The summed E-state index contributed by atoms with van der Waals surface area (Å²) in [7, 11) is 0. The molecule has 0 saturated carbocycles. The minimum Gasteiger partial charge on any atom is -0.456 e. The van der Waals surface area contributed by atoms with Crippen molar-refractivity contribution in [2.45, 2.75) is 42.9 Å². The molecule has 9 rings (SSSR count). The van der Waals surface area contributed by atoms with Crippen LogP contribution in [0, 0.1) is 5.92 Å². The van der Waals surface area contributed by atoms with Gasteiger partial charge < -0.3 is 20.5 Å². The molecule has 41 heavy (non-hydrogen) atoms. The number of para-hydroxylation sites is 1. The van der Waals surface area contributed by atoms with Gasteiger partial charge in [0.05, 0.1) is 5.52 Å². The number of hydrogen-bond donors (Lipinski definition) is 2. The van der Waals surface area contributed by atoms with Gasteiger partial charge in [0, 0.05) is 55.4 Å². The molecule has 0 spiro atoms. The van der Waals surface area contributed by atoms with Crippen LogP contribution in [0.5, 0.6) is 0 Å². The second kappa shape index (κ2) is 8.78. The number of hydrogen-bond acceptors (Lipinski definition) is 4. The zero-order valence-electron chi connectivity index (χ0n) is 22.7. The first-order valence-electron chi connectivity index (χ1n) is 14.7. The summed E-state index contributed by atoms with van der Waals surface area (Å²) in [6.45, 7) is 0. The van der Waals surface area contributed by atoms with Crippen LogP contribution in [0.2, 0.25) is 0 Å². The van der Waals surface area contributed by atoms with Gasteiger partial charge in [-0.25, -0.2) is 0 Å². The maximum Gasteiger partial charge on any atom is 0.135 e. The van der Waals surface area contributed by atoms with Crippen molar-refractivity contribution in [1.29, 1.82) is 0 Å². The van der Waals surface area contributed by atoms with Crippen LogP contribution in [0.25, 0.3) is 38.5 Å². The standard InChI is InChI=1S/C36H31N3OS/c37-21-13-17-32-26(19-21)25-18-20(12-16-31(25)40-32)34-27(38)8-5-10-29(34)39-28-9-3-1-7-24(28)35-30(39)15-14-23-22-6-2-4-11-33(22)41-36(23)35/h1,3-5,7-13,16-19,23,27,34,36H,2,6,14-15,37-38H2. The number of nitrogens with two attached hydrogens (primary N) is 2. The number of aromatic nitrogens is 1. The van der Waals surface area contributed by atoms with Crippen molar-refractivity contribution in [1.82, 2.24) is 4.57 Å². The monoisotopic (exact) mass is 553 g/mol. The normalized spacial score (nSPS) is 25.1. The lowest BCUT2D eigenvalue weighted by Gasteiger charge is -2.33. The van der Waals surface area contributed by atoms with E-state index in [2.05, 4.69) is 89.2 Å². The highest BCUT2D eigenvalue weighted by molar-refractivity contribution is 8.03. The Labute approximate surface area is 243 Å². The molecule has 0 fully saturated rings. The number of furan rings is 1. The summed E-state index contributed by atoms with van der Waals surface area (Å²) in [5, 5.41) is 4.01. The van der Waals surface area contributed by atoms with Crippen LogP contribution in [-0.2, 0) is 6.42 Å². The molecule has 3 heterocycles. The van der Waals surface area contributed by atoms with Gasteiger partial charge in [-0.2, -0.15) is 0 Å². The Kier molecular flexibility index (Phi) is 5.09. The van der Waals surface area contributed by atoms with Gasteiger partial charge in [0.2, 0.25) is 0 Å². The molecule has 5 heteroatoms. The predicted octanol–water partition coefficient (Wildman–Crippen LogP) is 8.60. The van der Waals surface area contributed by atoms with Gasteiger partial charge in [-0.05, 0) is 85.2 Å². The Balaban J connectivity index is 1.22. The maximum atomic E-state index is 6.95. The summed E-state index contributed by atoms with van der Waals surface area (Å²) in [5.74, 6) is 0.660. The lowest BCUT2D eigenvalue weighted by atomic mass is 9.79. The summed E-state index contributed by atoms with van der Waals surface area (Å²) >= 11 is 2.10. The molecule has 1 aliphatic heterocycles. The molecule has 4 atom stereocenters. The van der Waals surface area contributed by atoms with E-state index in [1.165, 1.54) is 52.0 Å². The Hall–Kier alpha value is -3.93. The number of thioether (sulfide) groups is 1. The Morgan fingerprint density at radius 3 is 2.71 bits per heavy atom. The van der Waals surface area contributed by atoms with Crippen molar-refractivity contribution in [3.05, 3.63) is 118 Å². The zero-order valence-corrected chi connectivity index (χ0v) is 23.5. The third-order valence-electron chi connectivity index (χ3n) is 9.66. The van der Waals surface area contributed by atoms with E-state index in [-0.39, 0.29) is 12.0 Å². The van der Waals surface area contributed by atoms with Crippen molar-refractivity contribution in [2.75, 3.05) is 5.73 Å². The van der Waals surface area contributed by atoms with Gasteiger partial charge in [-0.1, -0.05) is 54.1 Å². The van der Waals surface area contributed by atoms with E-state index in [4.69, 9.17) is 15.9 Å². The van der Waals surface area contributed by atoms with Crippen molar-refractivity contribution >= 4 is 56.0 Å². The first-order chi connectivity index (χ1) is 20.2. The van der Waals surface area contributed by atoms with Crippen molar-refractivity contribution < 1.29 is 4.42 Å². The Bertz CT molecular complexity index is 2040. The third kappa shape index (κ3) is 3.39. The number of benzene rings is 3. The van der Waals surface area contributed by atoms with Gasteiger partial charge in [0.15, 0.2) is 0 Å². The van der Waals surface area contributed by atoms with Gasteiger partial charge >= 0.3 is 0 Å². The van der Waals surface area contributed by atoms with E-state index in [0.29, 0.717) is 11.2 Å². The topological polar surface area (TPSA) is 70.1 Å². The molecule has 4 N–H and O–H groups in total. The lowest BCUT2D eigenvalue weighted by Crippen LogP contribution is -2.31. The van der Waals surface area contributed by atoms with E-state index in [9.17, 15) is 0 Å². The quantitative estimate of drug-likeness (QED) is 0.215. The summed E-state index contributed by atoms with van der Waals surface area (Å²) < 4.78 is 8.72. The predicted molar refractivity (Wildman–Crippen MR) is 172 cm³/mol. The average molecular weight is 554 g/mol. The molecular weight excluding hydrogens is 522 g/mol. The molecule has 0 radical (unpaired) electrons. The fourth-order valence-electron chi connectivity index (χ4n) is 7.91. The molecule has 4 nitrogen and oxygen atoms in total. The second-order valence-electron chi connectivity index (χ2n) is 11.9. The minimum atomic E-state index is -0.135. The van der Waals surface area contributed by atoms with Crippen LogP contribution < -0.4 is 11.5 Å². The Morgan fingerprint density at radius 1 is 0.927 bits per heavy atom. The van der Waals surface area contributed by atoms with Crippen molar-refractivity contribution in [3.63, 3.8) is 0 Å². The number of nitrogen functional groups attached to an aromatic ring is 1. The van der Waals surface area contributed by atoms with Crippen LogP contribution in [0.4, 0.5) is 5.69 Å². The molecule has 3 aromatic carbocycles. The third-order valence-corrected chi connectivity index (χ3v) is 11.1. The van der Waals surface area contributed by atoms with E-state index >= 15 is 0 Å². The summed E-state index contributed by atoms with van der Waals surface area (Å²) in [6.07, 6.45) is 16.0.